The van der Waals surface area contributed by atoms with Gasteiger partial charge in [0.15, 0.2) is 0 Å². The molecule has 0 fully saturated rings. The fraction of sp³-hybridized carbons (Fsp3) is 0.429. The summed E-state index contributed by atoms with van der Waals surface area (Å²) in [6, 6.07) is 16.5. The number of nitrogens with two attached hydrogens (primary N) is 1. The summed E-state index contributed by atoms with van der Waals surface area (Å²) < 4.78 is 11.2. The van der Waals surface area contributed by atoms with Crippen LogP contribution < -0.4 is 15.2 Å². The zero-order valence-corrected chi connectivity index (χ0v) is 14.8. The number of hydrogen-bond donors (Lipinski definition) is 1. The molecule has 2 aromatic carbocycles. The van der Waals surface area contributed by atoms with E-state index in [2.05, 4.69) is 37.3 Å². The van der Waals surface area contributed by atoms with Crippen molar-refractivity contribution in [1.29, 1.82) is 0 Å². The van der Waals surface area contributed by atoms with Crippen molar-refractivity contribution in [3.8, 4) is 11.5 Å². The summed E-state index contributed by atoms with van der Waals surface area (Å²) in [6.07, 6.45) is 4.40. The third-order valence-corrected chi connectivity index (χ3v) is 4.32. The van der Waals surface area contributed by atoms with Gasteiger partial charge in [-0.3, -0.25) is 0 Å². The second kappa shape index (κ2) is 9.99. The first kappa shape index (κ1) is 18.3. The Balaban J connectivity index is 2.06. The highest BCUT2D eigenvalue weighted by atomic mass is 16.5. The highest BCUT2D eigenvalue weighted by molar-refractivity contribution is 5.36. The molecule has 24 heavy (non-hydrogen) atoms. The lowest BCUT2D eigenvalue weighted by Gasteiger charge is -2.18. The number of methoxy groups -OCH3 is 1. The summed E-state index contributed by atoms with van der Waals surface area (Å²) in [4.78, 5) is 0. The van der Waals surface area contributed by atoms with E-state index >= 15 is 0 Å². The van der Waals surface area contributed by atoms with Crippen molar-refractivity contribution >= 4 is 0 Å². The topological polar surface area (TPSA) is 44.5 Å². The van der Waals surface area contributed by atoms with Crippen LogP contribution in [-0.2, 0) is 6.42 Å². The Morgan fingerprint density at radius 2 is 1.75 bits per heavy atom. The van der Waals surface area contributed by atoms with Crippen LogP contribution in [0.15, 0.2) is 48.5 Å². The van der Waals surface area contributed by atoms with Crippen LogP contribution in [0, 0.1) is 0 Å². The molecule has 130 valence electrons. The van der Waals surface area contributed by atoms with Gasteiger partial charge in [0.2, 0.25) is 0 Å². The molecule has 0 radical (unpaired) electrons. The van der Waals surface area contributed by atoms with Crippen LogP contribution in [0.2, 0.25) is 0 Å². The van der Waals surface area contributed by atoms with Gasteiger partial charge in [-0.2, -0.15) is 0 Å². The normalized spacial score (nSPS) is 12.0. The number of rotatable bonds is 10. The van der Waals surface area contributed by atoms with E-state index in [0.717, 1.165) is 30.9 Å². The predicted octanol–water partition coefficient (Wildman–Crippen LogP) is 4.55. The van der Waals surface area contributed by atoms with Crippen molar-refractivity contribution in [3.05, 3.63) is 59.7 Å². The summed E-state index contributed by atoms with van der Waals surface area (Å²) in [6.45, 7) is 3.59. The van der Waals surface area contributed by atoms with Gasteiger partial charge < -0.3 is 15.2 Å². The molecule has 0 amide bonds. The molecule has 1 atom stereocenters. The summed E-state index contributed by atoms with van der Waals surface area (Å²) >= 11 is 0. The van der Waals surface area contributed by atoms with Gasteiger partial charge in [-0.15, -0.1) is 0 Å². The molecular formula is C21H29NO2. The van der Waals surface area contributed by atoms with Crippen LogP contribution in [0.3, 0.4) is 0 Å². The standard InChI is InChI=1S/C21H29NO2/c1-3-4-7-14-24-21-9-6-5-8-18(21)15-19(16-22)17-10-12-20(23-2)13-11-17/h5-6,8-13,19H,3-4,7,14-16,22H2,1-2H3. The molecule has 0 bridgehead atoms. The lowest BCUT2D eigenvalue weighted by Crippen LogP contribution is -2.15. The van der Waals surface area contributed by atoms with Gasteiger partial charge in [0.25, 0.3) is 0 Å². The van der Waals surface area contributed by atoms with Gasteiger partial charge in [-0.05, 0) is 48.7 Å². The van der Waals surface area contributed by atoms with Gasteiger partial charge in [-0.1, -0.05) is 50.1 Å². The summed E-state index contributed by atoms with van der Waals surface area (Å²) in [7, 11) is 1.68. The lowest BCUT2D eigenvalue weighted by atomic mass is 9.91. The second-order valence-electron chi connectivity index (χ2n) is 6.07. The molecule has 0 aliphatic rings. The zero-order chi connectivity index (χ0) is 17.2. The third-order valence-electron chi connectivity index (χ3n) is 4.32. The van der Waals surface area contributed by atoms with E-state index in [-0.39, 0.29) is 5.92 Å². The quantitative estimate of drug-likeness (QED) is 0.651. The van der Waals surface area contributed by atoms with E-state index in [0.29, 0.717) is 6.54 Å². The van der Waals surface area contributed by atoms with Crippen molar-refractivity contribution < 1.29 is 9.47 Å². The van der Waals surface area contributed by atoms with Crippen LogP contribution in [0.25, 0.3) is 0 Å². The van der Waals surface area contributed by atoms with E-state index in [9.17, 15) is 0 Å². The minimum atomic E-state index is 0.274. The molecule has 0 aliphatic heterocycles. The Bertz CT molecular complexity index is 595. The van der Waals surface area contributed by atoms with Crippen molar-refractivity contribution in [3.63, 3.8) is 0 Å². The maximum Gasteiger partial charge on any atom is 0.122 e. The van der Waals surface area contributed by atoms with E-state index in [4.69, 9.17) is 15.2 Å². The molecule has 0 heterocycles. The predicted molar refractivity (Wildman–Crippen MR) is 100.0 cm³/mol. The van der Waals surface area contributed by atoms with E-state index in [1.54, 1.807) is 7.11 Å². The highest BCUT2D eigenvalue weighted by Gasteiger charge is 2.14. The molecule has 0 spiro atoms. The Morgan fingerprint density at radius 1 is 1.00 bits per heavy atom. The van der Waals surface area contributed by atoms with Gasteiger partial charge in [0.1, 0.15) is 11.5 Å². The van der Waals surface area contributed by atoms with Crippen LogP contribution in [0.4, 0.5) is 0 Å². The Kier molecular flexibility index (Phi) is 7.63. The van der Waals surface area contributed by atoms with Crippen LogP contribution in [0.5, 0.6) is 11.5 Å². The van der Waals surface area contributed by atoms with Gasteiger partial charge in [0, 0.05) is 5.92 Å². The molecule has 0 saturated heterocycles. The van der Waals surface area contributed by atoms with Gasteiger partial charge in [-0.25, -0.2) is 0 Å². The Labute approximate surface area is 145 Å². The molecule has 0 aromatic heterocycles. The van der Waals surface area contributed by atoms with E-state index < -0.39 is 0 Å². The number of para-hydroxylation sites is 1. The van der Waals surface area contributed by atoms with Crippen molar-refractivity contribution in [2.45, 2.75) is 38.5 Å². The minimum absolute atomic E-state index is 0.274. The third kappa shape index (κ3) is 5.27. The average molecular weight is 327 g/mol. The first-order chi connectivity index (χ1) is 11.8. The minimum Gasteiger partial charge on any atom is -0.497 e. The van der Waals surface area contributed by atoms with E-state index in [1.165, 1.54) is 24.0 Å². The zero-order valence-electron chi connectivity index (χ0n) is 14.8. The van der Waals surface area contributed by atoms with Gasteiger partial charge in [0.05, 0.1) is 13.7 Å². The molecule has 2 rings (SSSR count). The van der Waals surface area contributed by atoms with Gasteiger partial charge >= 0.3 is 0 Å². The number of hydrogen-bond acceptors (Lipinski definition) is 3. The summed E-state index contributed by atoms with van der Waals surface area (Å²) in [5, 5.41) is 0. The summed E-state index contributed by atoms with van der Waals surface area (Å²) in [5.74, 6) is 2.13. The molecular weight excluding hydrogens is 298 g/mol. The molecule has 2 aromatic rings. The molecule has 3 heteroatoms. The first-order valence-corrected chi connectivity index (χ1v) is 8.83. The largest absolute Gasteiger partial charge is 0.497 e. The molecule has 1 unspecified atom stereocenters. The van der Waals surface area contributed by atoms with Crippen molar-refractivity contribution in [2.24, 2.45) is 5.73 Å². The fourth-order valence-electron chi connectivity index (χ4n) is 2.83. The molecule has 0 saturated carbocycles. The average Bonchev–Trinajstić information content (AvgIpc) is 2.64. The maximum atomic E-state index is 6.04. The van der Waals surface area contributed by atoms with Crippen LogP contribution >= 0.6 is 0 Å². The van der Waals surface area contributed by atoms with Crippen LogP contribution in [-0.4, -0.2) is 20.3 Å². The van der Waals surface area contributed by atoms with Crippen molar-refractivity contribution in [2.75, 3.05) is 20.3 Å². The number of ether oxygens (including phenoxy) is 2. The fourth-order valence-corrected chi connectivity index (χ4v) is 2.83. The van der Waals surface area contributed by atoms with Crippen LogP contribution in [0.1, 0.15) is 43.2 Å². The molecule has 2 N–H and O–H groups in total. The molecule has 3 nitrogen and oxygen atoms in total. The lowest BCUT2D eigenvalue weighted by molar-refractivity contribution is 0.302. The number of benzene rings is 2. The van der Waals surface area contributed by atoms with E-state index in [1.807, 2.05) is 18.2 Å². The first-order valence-electron chi connectivity index (χ1n) is 8.83. The Morgan fingerprint density at radius 3 is 2.42 bits per heavy atom. The van der Waals surface area contributed by atoms with Crippen molar-refractivity contribution in [1.82, 2.24) is 0 Å². The maximum absolute atomic E-state index is 6.04. The number of unbranched alkanes of at least 4 members (excludes halogenated alkanes) is 2. The monoisotopic (exact) mass is 327 g/mol. The SMILES string of the molecule is CCCCCOc1ccccc1CC(CN)c1ccc(OC)cc1. The highest BCUT2D eigenvalue weighted by Crippen LogP contribution is 2.27. The second-order valence-corrected chi connectivity index (χ2v) is 6.07. The molecule has 0 aliphatic carbocycles. The summed E-state index contributed by atoms with van der Waals surface area (Å²) in [5.41, 5.74) is 8.50. The Hall–Kier alpha value is -2.00. The smallest absolute Gasteiger partial charge is 0.122 e.